The molecule has 0 bridgehead atoms. The van der Waals surface area contributed by atoms with Crippen LogP contribution in [0.2, 0.25) is 0 Å². The van der Waals surface area contributed by atoms with Crippen LogP contribution in [0.1, 0.15) is 28.2 Å². The first kappa shape index (κ1) is 26.4. The van der Waals surface area contributed by atoms with Crippen LogP contribution in [0.15, 0.2) is 60.9 Å². The molecule has 0 radical (unpaired) electrons. The number of nitrogens with zero attached hydrogens (tertiary/aromatic N) is 7. The summed E-state index contributed by atoms with van der Waals surface area (Å²) >= 11 is 0. The average molecular weight is 568 g/mol. The number of fused-ring (bicyclic) bond motifs is 2. The summed E-state index contributed by atoms with van der Waals surface area (Å²) in [5.74, 6) is 1.52. The number of anilines is 1. The van der Waals surface area contributed by atoms with Crippen LogP contribution >= 0.6 is 0 Å². The molecule has 0 unspecified atom stereocenters. The topological polar surface area (TPSA) is 111 Å². The van der Waals surface area contributed by atoms with Gasteiger partial charge in [-0.15, -0.1) is 0 Å². The third-order valence-electron chi connectivity index (χ3n) is 8.20. The minimum atomic E-state index is -0.934. The van der Waals surface area contributed by atoms with E-state index in [0.717, 1.165) is 78.5 Å². The molecule has 2 aliphatic heterocycles. The molecule has 1 N–H and O–H groups in total. The molecule has 2 fully saturated rings. The van der Waals surface area contributed by atoms with Gasteiger partial charge in [-0.3, -0.25) is 4.90 Å². The lowest BCUT2D eigenvalue weighted by Gasteiger charge is -2.35. The highest BCUT2D eigenvalue weighted by molar-refractivity contribution is 5.92. The van der Waals surface area contributed by atoms with E-state index in [4.69, 9.17) is 19.4 Å². The molecule has 11 nitrogen and oxygen atoms in total. The Balaban J connectivity index is 1.00. The maximum absolute atomic E-state index is 11.6. The van der Waals surface area contributed by atoms with Gasteiger partial charge in [-0.2, -0.15) is 4.98 Å². The van der Waals surface area contributed by atoms with Crippen molar-refractivity contribution < 1.29 is 19.4 Å². The van der Waals surface area contributed by atoms with E-state index in [1.807, 2.05) is 48.3 Å². The van der Waals surface area contributed by atoms with Gasteiger partial charge < -0.3 is 28.6 Å². The molecular formula is C31H33N7O4. The fourth-order valence-corrected chi connectivity index (χ4v) is 5.68. The lowest BCUT2D eigenvalue weighted by molar-refractivity contribution is -0.0592. The molecule has 0 amide bonds. The second-order valence-electron chi connectivity index (χ2n) is 11.0. The number of imidazole rings is 2. The maximum Gasteiger partial charge on any atom is 0.335 e. The number of hydrogen-bond donors (Lipinski definition) is 1. The highest BCUT2D eigenvalue weighted by Crippen LogP contribution is 2.25. The number of carbonyl (C=O) groups is 1. The highest BCUT2D eigenvalue weighted by Gasteiger charge is 2.25. The third kappa shape index (κ3) is 5.28. The number of piperazine rings is 1. The fourth-order valence-electron chi connectivity index (χ4n) is 5.68. The zero-order chi connectivity index (χ0) is 28.6. The van der Waals surface area contributed by atoms with Crippen LogP contribution in [0.25, 0.3) is 22.1 Å². The van der Waals surface area contributed by atoms with E-state index in [2.05, 4.69) is 25.4 Å². The lowest BCUT2D eigenvalue weighted by atomic mass is 10.1. The zero-order valence-electron chi connectivity index (χ0n) is 23.5. The molecule has 42 heavy (non-hydrogen) atoms. The van der Waals surface area contributed by atoms with Crippen LogP contribution in [0.5, 0.6) is 5.88 Å². The number of aromatic nitrogens is 5. The van der Waals surface area contributed by atoms with E-state index in [1.54, 1.807) is 18.2 Å². The normalized spacial score (nSPS) is 17.5. The van der Waals surface area contributed by atoms with Crippen molar-refractivity contribution >= 4 is 33.9 Å². The number of ether oxygens (including phenoxy) is 2. The van der Waals surface area contributed by atoms with E-state index in [0.29, 0.717) is 25.6 Å². The lowest BCUT2D eigenvalue weighted by Crippen LogP contribution is -2.46. The summed E-state index contributed by atoms with van der Waals surface area (Å²) in [5.41, 5.74) is 5.05. The number of rotatable bonds is 9. The Kier molecular flexibility index (Phi) is 6.96. The Hall–Kier alpha value is -4.48. The van der Waals surface area contributed by atoms with Gasteiger partial charge in [0.25, 0.3) is 0 Å². The van der Waals surface area contributed by atoms with Gasteiger partial charge in [-0.1, -0.05) is 12.1 Å². The Morgan fingerprint density at radius 2 is 1.86 bits per heavy atom. The maximum atomic E-state index is 11.6. The molecule has 1 atom stereocenters. The van der Waals surface area contributed by atoms with Crippen molar-refractivity contribution in [2.75, 3.05) is 37.7 Å². The molecule has 7 rings (SSSR count). The summed E-state index contributed by atoms with van der Waals surface area (Å²) in [6, 6.07) is 17.2. The minimum absolute atomic E-state index is 0.144. The van der Waals surface area contributed by atoms with Crippen molar-refractivity contribution in [2.45, 2.75) is 32.2 Å². The van der Waals surface area contributed by atoms with Crippen molar-refractivity contribution in [3.8, 4) is 5.88 Å². The number of benzene rings is 2. The van der Waals surface area contributed by atoms with Gasteiger partial charge in [0.2, 0.25) is 5.88 Å². The Morgan fingerprint density at radius 1 is 1.02 bits per heavy atom. The standard InChI is InChI=1S/C31H33N7O4/c1-35-20-32-24-7-5-21(15-26(24)35)19-42-30-4-2-3-28(34-30)37-12-10-36(11-13-37)18-29-33-25-8-6-22(31(39)40)16-27(25)38(29)17-23-9-14-41-23/h2-8,15-16,20,23H,9-14,17-19H2,1H3,(H,39,40)/t23-/m0/s1. The molecule has 2 aromatic carbocycles. The number of hydrogen-bond acceptors (Lipinski definition) is 8. The zero-order valence-corrected chi connectivity index (χ0v) is 23.5. The van der Waals surface area contributed by atoms with Gasteiger partial charge in [0.1, 0.15) is 18.2 Å². The van der Waals surface area contributed by atoms with Crippen molar-refractivity contribution in [3.05, 3.63) is 77.9 Å². The van der Waals surface area contributed by atoms with Crippen molar-refractivity contribution in [1.82, 2.24) is 29.0 Å². The molecule has 2 aliphatic rings. The van der Waals surface area contributed by atoms with E-state index in [1.165, 1.54) is 0 Å². The largest absolute Gasteiger partial charge is 0.478 e. The highest BCUT2D eigenvalue weighted by atomic mass is 16.5. The molecule has 11 heteroatoms. The minimum Gasteiger partial charge on any atom is -0.478 e. The van der Waals surface area contributed by atoms with Gasteiger partial charge >= 0.3 is 5.97 Å². The summed E-state index contributed by atoms with van der Waals surface area (Å²) in [6.07, 6.45) is 2.97. The van der Waals surface area contributed by atoms with Crippen molar-refractivity contribution in [2.24, 2.45) is 7.05 Å². The molecular weight excluding hydrogens is 534 g/mol. The molecule has 5 aromatic rings. The summed E-state index contributed by atoms with van der Waals surface area (Å²) in [6.45, 7) is 5.98. The van der Waals surface area contributed by atoms with Gasteiger partial charge in [0.05, 0.1) is 53.2 Å². The third-order valence-corrected chi connectivity index (χ3v) is 8.20. The molecule has 2 saturated heterocycles. The monoisotopic (exact) mass is 567 g/mol. The Morgan fingerprint density at radius 3 is 2.64 bits per heavy atom. The Bertz CT molecular complexity index is 1750. The molecule has 216 valence electrons. The van der Waals surface area contributed by atoms with E-state index in [-0.39, 0.29) is 11.7 Å². The van der Waals surface area contributed by atoms with E-state index >= 15 is 0 Å². The number of carboxylic acids is 1. The summed E-state index contributed by atoms with van der Waals surface area (Å²) in [4.78, 5) is 30.4. The second kappa shape index (κ2) is 11.1. The average Bonchev–Trinajstić information content (AvgIpc) is 3.53. The SMILES string of the molecule is Cn1cnc2ccc(COc3cccc(N4CCN(Cc5nc6ccc(C(=O)O)cc6n5C[C@@H]5CCO5)CC4)n3)cc21. The fraction of sp³-hybridized carbons (Fsp3) is 0.355. The summed E-state index contributed by atoms with van der Waals surface area (Å²) in [5, 5.41) is 9.51. The van der Waals surface area contributed by atoms with E-state index < -0.39 is 5.97 Å². The van der Waals surface area contributed by atoms with Gasteiger partial charge in [0, 0.05) is 45.9 Å². The van der Waals surface area contributed by atoms with Gasteiger partial charge in [0.15, 0.2) is 0 Å². The van der Waals surface area contributed by atoms with Crippen LogP contribution in [0.3, 0.4) is 0 Å². The predicted molar refractivity (Wildman–Crippen MR) is 158 cm³/mol. The number of pyridine rings is 1. The number of aryl methyl sites for hydroxylation is 1. The first-order valence-electron chi connectivity index (χ1n) is 14.3. The van der Waals surface area contributed by atoms with Crippen LogP contribution in [-0.2, 0) is 31.5 Å². The molecule has 0 aliphatic carbocycles. The van der Waals surface area contributed by atoms with Gasteiger partial charge in [-0.25, -0.2) is 14.8 Å². The van der Waals surface area contributed by atoms with E-state index in [9.17, 15) is 9.90 Å². The van der Waals surface area contributed by atoms with Crippen LogP contribution in [0, 0.1) is 0 Å². The molecule has 0 spiro atoms. The first-order valence-corrected chi connectivity index (χ1v) is 14.3. The predicted octanol–water partition coefficient (Wildman–Crippen LogP) is 3.71. The molecule has 3 aromatic heterocycles. The van der Waals surface area contributed by atoms with Crippen LogP contribution < -0.4 is 9.64 Å². The second-order valence-corrected chi connectivity index (χ2v) is 11.0. The van der Waals surface area contributed by atoms with Crippen molar-refractivity contribution in [1.29, 1.82) is 0 Å². The number of aromatic carboxylic acids is 1. The summed E-state index contributed by atoms with van der Waals surface area (Å²) in [7, 11) is 1.99. The number of carboxylic acid groups (broad SMARTS) is 1. The quantitative estimate of drug-likeness (QED) is 0.285. The summed E-state index contributed by atoms with van der Waals surface area (Å²) < 4.78 is 15.9. The van der Waals surface area contributed by atoms with Crippen LogP contribution in [-0.4, -0.2) is 79.0 Å². The van der Waals surface area contributed by atoms with Crippen LogP contribution in [0.4, 0.5) is 5.82 Å². The molecule has 5 heterocycles. The van der Waals surface area contributed by atoms with Crippen molar-refractivity contribution in [3.63, 3.8) is 0 Å². The molecule has 0 saturated carbocycles. The Labute approximate surface area is 242 Å². The van der Waals surface area contributed by atoms with Gasteiger partial charge in [-0.05, 0) is 48.4 Å². The smallest absolute Gasteiger partial charge is 0.335 e. The first-order chi connectivity index (χ1) is 20.5.